The maximum atomic E-state index is 10.5. The van der Waals surface area contributed by atoms with Crippen molar-refractivity contribution in [3.05, 3.63) is 53.4 Å². The van der Waals surface area contributed by atoms with Crippen LogP contribution in [0, 0.1) is 5.92 Å². The highest BCUT2D eigenvalue weighted by atomic mass is 16.5. The second-order valence-corrected chi connectivity index (χ2v) is 7.37. The predicted molar refractivity (Wildman–Crippen MR) is 92.6 cm³/mol. The van der Waals surface area contributed by atoms with Crippen LogP contribution in [0.25, 0.3) is 0 Å². The van der Waals surface area contributed by atoms with Crippen LogP contribution in [0.15, 0.2) is 40.9 Å². The molecular formula is C20H26N2O2. The topological polar surface area (TPSA) is 49.5 Å². The molecule has 1 saturated carbocycles. The Morgan fingerprint density at radius 1 is 1.12 bits per heavy atom. The second-order valence-electron chi connectivity index (χ2n) is 7.37. The van der Waals surface area contributed by atoms with Crippen LogP contribution in [0.4, 0.5) is 0 Å². The van der Waals surface area contributed by atoms with Gasteiger partial charge in [0.1, 0.15) is 5.76 Å². The molecule has 1 aromatic heterocycles. The number of hydrogen-bond acceptors (Lipinski definition) is 4. The highest BCUT2D eigenvalue weighted by molar-refractivity contribution is 5.16. The van der Waals surface area contributed by atoms with E-state index in [0.29, 0.717) is 11.8 Å². The molecule has 24 heavy (non-hydrogen) atoms. The smallest absolute Gasteiger partial charge is 0.140 e. The van der Waals surface area contributed by atoms with Gasteiger partial charge in [-0.25, -0.2) is 0 Å². The predicted octanol–water partition coefficient (Wildman–Crippen LogP) is 3.37. The Hall–Kier alpha value is -1.65. The van der Waals surface area contributed by atoms with E-state index in [9.17, 15) is 5.11 Å². The number of benzene rings is 1. The highest BCUT2D eigenvalue weighted by Gasteiger charge is 2.29. The Kier molecular flexibility index (Phi) is 4.67. The minimum Gasteiger partial charge on any atom is -0.392 e. The second kappa shape index (κ2) is 7.08. The van der Waals surface area contributed by atoms with E-state index < -0.39 is 0 Å². The number of rotatable bonds is 6. The Morgan fingerprint density at radius 3 is 2.58 bits per heavy atom. The molecule has 1 aliphatic heterocycles. The molecule has 2 aliphatic rings. The molecule has 128 valence electrons. The molecule has 1 aliphatic carbocycles. The molecule has 1 saturated heterocycles. The molecule has 2 aromatic rings. The van der Waals surface area contributed by atoms with E-state index in [1.807, 2.05) is 18.2 Å². The average molecular weight is 326 g/mol. The molecule has 0 amide bonds. The first kappa shape index (κ1) is 15.9. The molecule has 4 rings (SSSR count). The summed E-state index contributed by atoms with van der Waals surface area (Å²) in [5.74, 6) is 2.10. The lowest BCUT2D eigenvalue weighted by Crippen LogP contribution is -2.38. The third-order valence-electron chi connectivity index (χ3n) is 5.41. The molecule has 1 N–H and O–H groups in total. The summed E-state index contributed by atoms with van der Waals surface area (Å²) in [6.45, 7) is 2.93. The summed E-state index contributed by atoms with van der Waals surface area (Å²) >= 11 is 0. The number of piperidine rings is 1. The highest BCUT2D eigenvalue weighted by Crippen LogP contribution is 2.40. The summed E-state index contributed by atoms with van der Waals surface area (Å²) in [6.07, 6.45) is 5.14. The maximum Gasteiger partial charge on any atom is 0.140 e. The van der Waals surface area contributed by atoms with Crippen LogP contribution in [-0.4, -0.2) is 34.4 Å². The van der Waals surface area contributed by atoms with Crippen LogP contribution in [0.1, 0.15) is 48.6 Å². The zero-order valence-corrected chi connectivity index (χ0v) is 14.1. The monoisotopic (exact) mass is 326 g/mol. The normalized spacial score (nSPS) is 21.0. The Balaban J connectivity index is 1.25. The third-order valence-corrected chi connectivity index (χ3v) is 5.41. The lowest BCUT2D eigenvalue weighted by atomic mass is 9.88. The number of hydrogen-bond donors (Lipinski definition) is 1. The number of aliphatic hydroxyl groups excluding tert-OH is 1. The van der Waals surface area contributed by atoms with Gasteiger partial charge in [0.15, 0.2) is 0 Å². The number of aromatic nitrogens is 1. The fourth-order valence-corrected chi connectivity index (χ4v) is 3.71. The van der Waals surface area contributed by atoms with Gasteiger partial charge in [-0.15, -0.1) is 0 Å². The fourth-order valence-electron chi connectivity index (χ4n) is 3.71. The van der Waals surface area contributed by atoms with Gasteiger partial charge in [-0.2, -0.15) is 0 Å². The van der Waals surface area contributed by atoms with Gasteiger partial charge in [0.05, 0.1) is 11.8 Å². The van der Waals surface area contributed by atoms with Crippen LogP contribution >= 0.6 is 0 Å². The van der Waals surface area contributed by atoms with E-state index in [0.717, 1.165) is 50.4 Å². The van der Waals surface area contributed by atoms with Crippen molar-refractivity contribution in [2.45, 2.75) is 50.7 Å². The molecule has 0 spiro atoms. The van der Waals surface area contributed by atoms with Crippen molar-refractivity contribution >= 4 is 0 Å². The zero-order valence-electron chi connectivity index (χ0n) is 14.1. The summed E-state index contributed by atoms with van der Waals surface area (Å²) in [7, 11) is 0. The van der Waals surface area contributed by atoms with Gasteiger partial charge in [-0.3, -0.25) is 4.90 Å². The average Bonchev–Trinajstić information content (AvgIpc) is 3.36. The molecule has 4 nitrogen and oxygen atoms in total. The van der Waals surface area contributed by atoms with Gasteiger partial charge < -0.3 is 9.63 Å². The van der Waals surface area contributed by atoms with E-state index >= 15 is 0 Å². The number of nitrogens with zero attached hydrogens (tertiary/aromatic N) is 2. The van der Waals surface area contributed by atoms with Crippen LogP contribution in [-0.2, 0) is 13.0 Å². The van der Waals surface area contributed by atoms with Crippen LogP contribution in [0.2, 0.25) is 0 Å². The quantitative estimate of drug-likeness (QED) is 0.884. The Morgan fingerprint density at radius 2 is 1.88 bits per heavy atom. The molecule has 1 atom stereocenters. The summed E-state index contributed by atoms with van der Waals surface area (Å²) < 4.78 is 5.44. The summed E-state index contributed by atoms with van der Waals surface area (Å²) in [4.78, 5) is 2.43. The van der Waals surface area contributed by atoms with Gasteiger partial charge in [-0.1, -0.05) is 35.5 Å². The van der Waals surface area contributed by atoms with Gasteiger partial charge >= 0.3 is 0 Å². The lowest BCUT2D eigenvalue weighted by Gasteiger charge is -2.33. The summed E-state index contributed by atoms with van der Waals surface area (Å²) in [5.41, 5.74) is 2.28. The van der Waals surface area contributed by atoms with Crippen molar-refractivity contribution in [1.82, 2.24) is 10.1 Å². The fraction of sp³-hybridized carbons (Fsp3) is 0.550. The van der Waals surface area contributed by atoms with E-state index in [4.69, 9.17) is 4.52 Å². The first-order chi connectivity index (χ1) is 11.8. The Labute approximate surface area is 143 Å². The molecule has 0 bridgehead atoms. The van der Waals surface area contributed by atoms with Gasteiger partial charge in [0.25, 0.3) is 0 Å². The molecule has 2 fully saturated rings. The van der Waals surface area contributed by atoms with Crippen LogP contribution in [0.3, 0.4) is 0 Å². The van der Waals surface area contributed by atoms with E-state index in [-0.39, 0.29) is 6.10 Å². The van der Waals surface area contributed by atoms with E-state index in [1.54, 1.807) is 0 Å². The standard InChI is InChI=1S/C20H26N2O2/c23-19(12-15-4-2-1-3-5-15)16-8-10-22(11-9-16)14-18-13-20(24-21-18)17-6-7-17/h1-5,13,16-17,19,23H,6-12,14H2. The van der Waals surface area contributed by atoms with Crippen molar-refractivity contribution < 1.29 is 9.63 Å². The van der Waals surface area contributed by atoms with Crippen molar-refractivity contribution in [3.8, 4) is 0 Å². The number of aliphatic hydroxyl groups is 1. The van der Waals surface area contributed by atoms with Gasteiger partial charge in [0.2, 0.25) is 0 Å². The maximum absolute atomic E-state index is 10.5. The minimum absolute atomic E-state index is 0.233. The molecule has 1 unspecified atom stereocenters. The van der Waals surface area contributed by atoms with E-state index in [2.05, 4.69) is 28.3 Å². The van der Waals surface area contributed by atoms with Crippen molar-refractivity contribution in [2.75, 3.05) is 13.1 Å². The summed E-state index contributed by atoms with van der Waals surface area (Å²) in [5, 5.41) is 14.7. The largest absolute Gasteiger partial charge is 0.392 e. The molecule has 2 heterocycles. The molecule has 4 heteroatoms. The Bertz CT molecular complexity index is 643. The molecule has 1 aromatic carbocycles. The van der Waals surface area contributed by atoms with Crippen LogP contribution < -0.4 is 0 Å². The first-order valence-corrected chi connectivity index (χ1v) is 9.18. The van der Waals surface area contributed by atoms with Crippen molar-refractivity contribution in [3.63, 3.8) is 0 Å². The van der Waals surface area contributed by atoms with Crippen molar-refractivity contribution in [2.24, 2.45) is 5.92 Å². The van der Waals surface area contributed by atoms with Gasteiger partial charge in [-0.05, 0) is 56.7 Å². The minimum atomic E-state index is -0.233. The summed E-state index contributed by atoms with van der Waals surface area (Å²) in [6, 6.07) is 12.4. The van der Waals surface area contributed by atoms with Crippen LogP contribution in [0.5, 0.6) is 0 Å². The SMILES string of the molecule is OC(Cc1ccccc1)C1CCN(Cc2cc(C3CC3)on2)CC1. The zero-order chi connectivity index (χ0) is 16.4. The molecular weight excluding hydrogens is 300 g/mol. The third kappa shape index (κ3) is 3.87. The lowest BCUT2D eigenvalue weighted by molar-refractivity contribution is 0.0570. The van der Waals surface area contributed by atoms with Gasteiger partial charge in [0, 0.05) is 18.5 Å². The van der Waals surface area contributed by atoms with Crippen molar-refractivity contribution in [1.29, 1.82) is 0 Å². The number of likely N-dealkylation sites (tertiary alicyclic amines) is 1. The molecule has 0 radical (unpaired) electrons. The van der Waals surface area contributed by atoms with E-state index in [1.165, 1.54) is 18.4 Å². The first-order valence-electron chi connectivity index (χ1n) is 9.18.